The Balaban J connectivity index is 0.00000225. The largest absolute Gasteiger partial charge is 0.350 e. The Kier molecular flexibility index (Phi) is 6.45. The fourth-order valence-electron chi connectivity index (χ4n) is 2.79. The molecule has 2 aromatic carbocycles. The van der Waals surface area contributed by atoms with Crippen molar-refractivity contribution in [3.8, 4) is 11.1 Å². The normalized spacial score (nSPS) is 16.4. The van der Waals surface area contributed by atoms with Crippen molar-refractivity contribution in [3.63, 3.8) is 0 Å². The molecule has 1 atom stereocenters. The summed E-state index contributed by atoms with van der Waals surface area (Å²) in [7, 11) is 0. The van der Waals surface area contributed by atoms with Crippen LogP contribution in [-0.2, 0) is 0 Å². The van der Waals surface area contributed by atoms with Crippen LogP contribution in [0, 0.1) is 17.5 Å². The minimum atomic E-state index is -1.49. The number of rotatable bonds is 4. The van der Waals surface area contributed by atoms with Gasteiger partial charge in [0.25, 0.3) is 5.91 Å². The molecular weight excluding hydrogens is 353 g/mol. The molecule has 0 aliphatic carbocycles. The molecule has 2 N–H and O–H groups in total. The van der Waals surface area contributed by atoms with E-state index in [4.69, 9.17) is 0 Å². The monoisotopic (exact) mass is 370 g/mol. The number of hydrogen-bond donors (Lipinski definition) is 2. The molecule has 0 aromatic heterocycles. The van der Waals surface area contributed by atoms with Gasteiger partial charge in [-0.1, -0.05) is 12.1 Å². The van der Waals surface area contributed by atoms with E-state index < -0.39 is 17.5 Å². The van der Waals surface area contributed by atoms with Gasteiger partial charge in [0, 0.05) is 18.2 Å². The van der Waals surface area contributed by atoms with Gasteiger partial charge in [-0.15, -0.1) is 12.4 Å². The molecule has 2 aromatic rings. The summed E-state index contributed by atoms with van der Waals surface area (Å²) in [6, 6.07) is 8.47. The third-order valence-corrected chi connectivity index (χ3v) is 4.14. The third kappa shape index (κ3) is 4.52. The van der Waals surface area contributed by atoms with E-state index in [1.54, 1.807) is 24.3 Å². The zero-order chi connectivity index (χ0) is 17.1. The highest BCUT2D eigenvalue weighted by atomic mass is 35.5. The van der Waals surface area contributed by atoms with Crippen molar-refractivity contribution >= 4 is 18.3 Å². The van der Waals surface area contributed by atoms with Gasteiger partial charge in [0.15, 0.2) is 17.5 Å². The highest BCUT2D eigenvalue weighted by molar-refractivity contribution is 5.94. The molecule has 1 heterocycles. The lowest BCUT2D eigenvalue weighted by molar-refractivity contribution is 0.0950. The van der Waals surface area contributed by atoms with Crippen LogP contribution < -0.4 is 10.6 Å². The van der Waals surface area contributed by atoms with Crippen molar-refractivity contribution in [1.82, 2.24) is 10.6 Å². The minimum Gasteiger partial charge on any atom is -0.350 e. The maximum atomic E-state index is 13.3. The van der Waals surface area contributed by atoms with E-state index in [1.807, 2.05) is 0 Å². The Morgan fingerprint density at radius 2 is 1.72 bits per heavy atom. The second-order valence-electron chi connectivity index (χ2n) is 5.83. The Morgan fingerprint density at radius 1 is 1.08 bits per heavy atom. The summed E-state index contributed by atoms with van der Waals surface area (Å²) < 4.78 is 39.6. The zero-order valence-corrected chi connectivity index (χ0v) is 14.1. The maximum absolute atomic E-state index is 13.3. The van der Waals surface area contributed by atoms with Crippen LogP contribution in [0.15, 0.2) is 36.4 Å². The fourth-order valence-corrected chi connectivity index (χ4v) is 2.79. The summed E-state index contributed by atoms with van der Waals surface area (Å²) in [6.07, 6.45) is 2.15. The zero-order valence-electron chi connectivity index (χ0n) is 13.3. The van der Waals surface area contributed by atoms with Crippen molar-refractivity contribution in [3.05, 3.63) is 59.4 Å². The maximum Gasteiger partial charge on any atom is 0.251 e. The van der Waals surface area contributed by atoms with E-state index >= 15 is 0 Å². The second-order valence-corrected chi connectivity index (χ2v) is 5.83. The van der Waals surface area contributed by atoms with E-state index in [0.29, 0.717) is 23.7 Å². The summed E-state index contributed by atoms with van der Waals surface area (Å²) in [6.45, 7) is 1.54. The lowest BCUT2D eigenvalue weighted by Gasteiger charge is -2.11. The highest BCUT2D eigenvalue weighted by Gasteiger charge is 2.16. The number of nitrogens with one attached hydrogen (secondary N) is 2. The molecule has 0 spiro atoms. The Hall–Kier alpha value is -2.05. The summed E-state index contributed by atoms with van der Waals surface area (Å²) in [5.74, 6) is -4.17. The van der Waals surface area contributed by atoms with Crippen molar-refractivity contribution in [1.29, 1.82) is 0 Å². The van der Waals surface area contributed by atoms with E-state index in [-0.39, 0.29) is 23.9 Å². The van der Waals surface area contributed by atoms with Crippen molar-refractivity contribution in [2.45, 2.75) is 18.9 Å². The number of carbonyl (C=O) groups is 1. The van der Waals surface area contributed by atoms with Crippen LogP contribution in [0.4, 0.5) is 13.2 Å². The quantitative estimate of drug-likeness (QED) is 0.806. The molecule has 1 aliphatic rings. The van der Waals surface area contributed by atoms with Gasteiger partial charge in [0.2, 0.25) is 0 Å². The topological polar surface area (TPSA) is 41.1 Å². The molecule has 134 valence electrons. The first-order chi connectivity index (χ1) is 11.5. The van der Waals surface area contributed by atoms with Crippen LogP contribution in [0.1, 0.15) is 23.2 Å². The first kappa shape index (κ1) is 19.3. The number of benzene rings is 2. The molecular formula is C18H18ClF3N2O. The number of hydrogen-bond acceptors (Lipinski definition) is 2. The molecule has 0 bridgehead atoms. The van der Waals surface area contributed by atoms with Gasteiger partial charge in [-0.05, 0) is 54.8 Å². The number of carbonyl (C=O) groups excluding carboxylic acids is 1. The summed E-state index contributed by atoms with van der Waals surface area (Å²) in [5, 5.41) is 6.15. The van der Waals surface area contributed by atoms with Crippen LogP contribution in [0.3, 0.4) is 0 Å². The van der Waals surface area contributed by atoms with E-state index in [1.165, 1.54) is 0 Å². The first-order valence-electron chi connectivity index (χ1n) is 7.81. The number of amides is 1. The van der Waals surface area contributed by atoms with Gasteiger partial charge >= 0.3 is 0 Å². The molecule has 1 saturated heterocycles. The standard InChI is InChI=1S/C18H17F3N2O.ClH/c19-15-8-13(9-16(20)17(15)21)11-3-5-12(6-4-11)18(24)23-10-14-2-1-7-22-14;/h3-6,8-9,14,22H,1-2,7,10H2,(H,23,24);1H. The van der Waals surface area contributed by atoms with E-state index in [0.717, 1.165) is 31.5 Å². The summed E-state index contributed by atoms with van der Waals surface area (Å²) in [4.78, 5) is 12.1. The molecule has 1 amide bonds. The van der Waals surface area contributed by atoms with Gasteiger partial charge in [0.1, 0.15) is 0 Å². The van der Waals surface area contributed by atoms with Crippen LogP contribution in [0.25, 0.3) is 11.1 Å². The summed E-state index contributed by atoms with van der Waals surface area (Å²) >= 11 is 0. The van der Waals surface area contributed by atoms with Crippen molar-refractivity contribution in [2.75, 3.05) is 13.1 Å². The van der Waals surface area contributed by atoms with Gasteiger partial charge < -0.3 is 10.6 Å². The third-order valence-electron chi connectivity index (χ3n) is 4.14. The molecule has 25 heavy (non-hydrogen) atoms. The summed E-state index contributed by atoms with van der Waals surface area (Å²) in [5.41, 5.74) is 1.18. The highest BCUT2D eigenvalue weighted by Crippen LogP contribution is 2.24. The van der Waals surface area contributed by atoms with Crippen molar-refractivity contribution < 1.29 is 18.0 Å². The Bertz CT molecular complexity index is 723. The van der Waals surface area contributed by atoms with Crippen LogP contribution in [-0.4, -0.2) is 25.0 Å². The Labute approximate surface area is 150 Å². The van der Waals surface area contributed by atoms with E-state index in [2.05, 4.69) is 10.6 Å². The smallest absolute Gasteiger partial charge is 0.251 e. The predicted octanol–water partition coefficient (Wildman–Crippen LogP) is 3.67. The first-order valence-corrected chi connectivity index (χ1v) is 7.81. The van der Waals surface area contributed by atoms with Crippen LogP contribution >= 0.6 is 12.4 Å². The van der Waals surface area contributed by atoms with Crippen LogP contribution in [0.5, 0.6) is 0 Å². The average molecular weight is 371 g/mol. The molecule has 0 radical (unpaired) electrons. The Morgan fingerprint density at radius 3 is 2.28 bits per heavy atom. The van der Waals surface area contributed by atoms with Gasteiger partial charge in [-0.25, -0.2) is 13.2 Å². The van der Waals surface area contributed by atoms with Gasteiger partial charge in [-0.3, -0.25) is 4.79 Å². The molecule has 7 heteroatoms. The van der Waals surface area contributed by atoms with Crippen molar-refractivity contribution in [2.24, 2.45) is 0 Å². The molecule has 0 saturated carbocycles. The second kappa shape index (κ2) is 8.36. The van der Waals surface area contributed by atoms with E-state index in [9.17, 15) is 18.0 Å². The van der Waals surface area contributed by atoms with Gasteiger partial charge in [-0.2, -0.15) is 0 Å². The molecule has 1 aliphatic heterocycles. The SMILES string of the molecule is Cl.O=C(NCC1CCCN1)c1ccc(-c2cc(F)c(F)c(F)c2)cc1. The lowest BCUT2D eigenvalue weighted by Crippen LogP contribution is -2.37. The lowest BCUT2D eigenvalue weighted by atomic mass is 10.0. The number of halogens is 4. The minimum absolute atomic E-state index is 0. The molecule has 1 unspecified atom stereocenters. The fraction of sp³-hybridized carbons (Fsp3) is 0.278. The predicted molar refractivity (Wildman–Crippen MR) is 92.4 cm³/mol. The van der Waals surface area contributed by atoms with Crippen LogP contribution in [0.2, 0.25) is 0 Å². The molecule has 3 nitrogen and oxygen atoms in total. The average Bonchev–Trinajstić information content (AvgIpc) is 3.11. The molecule has 3 rings (SSSR count). The molecule has 1 fully saturated rings. The van der Waals surface area contributed by atoms with Gasteiger partial charge in [0.05, 0.1) is 0 Å².